The van der Waals surface area contributed by atoms with E-state index in [1.165, 1.54) is 24.3 Å². The fourth-order valence-electron chi connectivity index (χ4n) is 2.65. The lowest BCUT2D eigenvalue weighted by Crippen LogP contribution is -2.16. The molecule has 0 bridgehead atoms. The van der Waals surface area contributed by atoms with Crippen LogP contribution in [-0.4, -0.2) is 20.1 Å². The fourth-order valence-corrected chi connectivity index (χ4v) is 3.54. The molecule has 0 saturated heterocycles. The van der Waals surface area contributed by atoms with Crippen molar-refractivity contribution in [3.05, 3.63) is 78.4 Å². The number of carbonyl (C=O) groups is 1. The summed E-state index contributed by atoms with van der Waals surface area (Å²) in [5, 5.41) is 4.31. The van der Waals surface area contributed by atoms with Crippen LogP contribution < -0.4 is 5.32 Å². The van der Waals surface area contributed by atoms with Crippen molar-refractivity contribution in [2.45, 2.75) is 10.7 Å². The Kier molecular flexibility index (Phi) is 5.32. The molecule has 0 aromatic heterocycles. The number of hydrogen-bond acceptors (Lipinski definition) is 3. The summed E-state index contributed by atoms with van der Waals surface area (Å²) in [6, 6.07) is 18.3. The number of rotatable bonds is 5. The van der Waals surface area contributed by atoms with Crippen LogP contribution in [0, 0.1) is 0 Å². The van der Waals surface area contributed by atoms with Gasteiger partial charge in [-0.1, -0.05) is 54.6 Å². The van der Waals surface area contributed by atoms with Crippen LogP contribution in [0.1, 0.15) is 5.56 Å². The van der Waals surface area contributed by atoms with Gasteiger partial charge in [0, 0.05) is 6.08 Å². The van der Waals surface area contributed by atoms with Crippen molar-refractivity contribution in [1.29, 1.82) is 0 Å². The first-order chi connectivity index (χ1) is 12.9. The van der Waals surface area contributed by atoms with E-state index in [0.29, 0.717) is 0 Å². The maximum Gasteiger partial charge on any atom is 0.341 e. The molecule has 3 aromatic carbocycles. The van der Waals surface area contributed by atoms with Gasteiger partial charge >= 0.3 is 5.76 Å². The van der Waals surface area contributed by atoms with E-state index in [4.69, 9.17) is 0 Å². The predicted octanol–water partition coefficient (Wildman–Crippen LogP) is 4.49. The Balaban J connectivity index is 1.86. The van der Waals surface area contributed by atoms with E-state index in [-0.39, 0.29) is 5.69 Å². The molecule has 3 rings (SSSR count). The number of nitrogens with one attached hydrogen (secondary N) is 1. The molecular weight excluding hydrogens is 372 g/mol. The van der Waals surface area contributed by atoms with Crippen molar-refractivity contribution in [2.75, 3.05) is 5.32 Å². The quantitative estimate of drug-likeness (QED) is 0.656. The van der Waals surface area contributed by atoms with Gasteiger partial charge in [0.2, 0.25) is 15.7 Å². The highest BCUT2D eigenvalue weighted by atomic mass is 32.2. The number of para-hydroxylation sites is 1. The average molecular weight is 387 g/mol. The number of benzene rings is 3. The Bertz CT molecular complexity index is 1120. The third kappa shape index (κ3) is 4.03. The molecule has 0 atom stereocenters. The molecule has 0 spiro atoms. The molecule has 4 nitrogen and oxygen atoms in total. The average Bonchev–Trinajstić information content (AvgIpc) is 2.66. The summed E-state index contributed by atoms with van der Waals surface area (Å²) in [7, 11) is -4.82. The molecule has 0 aliphatic rings. The fraction of sp³-hybridized carbons (Fsp3) is 0.0500. The molecule has 0 heterocycles. The Morgan fingerprint density at radius 2 is 1.59 bits per heavy atom. The lowest BCUT2D eigenvalue weighted by Gasteiger charge is -2.10. The number of sulfone groups is 1. The summed E-state index contributed by atoms with van der Waals surface area (Å²) in [5.41, 5.74) is 0.613. The highest BCUT2D eigenvalue weighted by molar-refractivity contribution is 7.91. The summed E-state index contributed by atoms with van der Waals surface area (Å²) in [4.78, 5) is 11.6. The van der Waals surface area contributed by atoms with Crippen molar-refractivity contribution < 1.29 is 22.0 Å². The summed E-state index contributed by atoms with van der Waals surface area (Å²) in [5.74, 6) is -4.19. The number of alkyl halides is 2. The Morgan fingerprint density at radius 3 is 2.37 bits per heavy atom. The maximum absolute atomic E-state index is 12.8. The third-order valence-electron chi connectivity index (χ3n) is 3.92. The van der Waals surface area contributed by atoms with E-state index in [1.807, 2.05) is 42.5 Å². The molecule has 27 heavy (non-hydrogen) atoms. The molecule has 0 fully saturated rings. The zero-order valence-electron chi connectivity index (χ0n) is 14.0. The zero-order valence-corrected chi connectivity index (χ0v) is 14.8. The van der Waals surface area contributed by atoms with Gasteiger partial charge in [0.05, 0.1) is 10.6 Å². The van der Waals surface area contributed by atoms with Gasteiger partial charge < -0.3 is 5.32 Å². The molecule has 0 saturated carbocycles. The standard InChI is InChI=1S/C20H15F2NO3S/c21-20(22)27(25,26)18-11-4-3-10-17(18)23-19(24)13-12-15-8-5-7-14-6-1-2-9-16(14)15/h1-13,20H,(H,23,24)/b13-12+. The number of amides is 1. The summed E-state index contributed by atoms with van der Waals surface area (Å²) >= 11 is 0. The lowest BCUT2D eigenvalue weighted by atomic mass is 10.0. The summed E-state index contributed by atoms with van der Waals surface area (Å²) < 4.78 is 49.1. The van der Waals surface area contributed by atoms with Crippen LogP contribution >= 0.6 is 0 Å². The van der Waals surface area contributed by atoms with Gasteiger partial charge in [-0.25, -0.2) is 8.42 Å². The predicted molar refractivity (Wildman–Crippen MR) is 101 cm³/mol. The van der Waals surface area contributed by atoms with Crippen LogP contribution in [0.5, 0.6) is 0 Å². The molecule has 1 amide bonds. The van der Waals surface area contributed by atoms with Gasteiger partial charge in [0.15, 0.2) is 0 Å². The number of hydrogen-bond donors (Lipinski definition) is 1. The molecule has 3 aromatic rings. The minimum atomic E-state index is -4.82. The summed E-state index contributed by atoms with van der Waals surface area (Å²) in [6.45, 7) is 0. The first-order valence-corrected chi connectivity index (χ1v) is 9.52. The molecule has 138 valence electrons. The van der Waals surface area contributed by atoms with Crippen molar-refractivity contribution >= 4 is 38.3 Å². The molecule has 0 aliphatic carbocycles. The van der Waals surface area contributed by atoms with Gasteiger partial charge in [-0.05, 0) is 34.5 Å². The number of halogens is 2. The molecule has 0 unspecified atom stereocenters. The molecule has 7 heteroatoms. The van der Waals surface area contributed by atoms with E-state index < -0.39 is 26.4 Å². The van der Waals surface area contributed by atoms with Crippen LogP contribution in [0.25, 0.3) is 16.8 Å². The van der Waals surface area contributed by atoms with Gasteiger partial charge in [0.25, 0.3) is 0 Å². The van der Waals surface area contributed by atoms with Gasteiger partial charge in [-0.3, -0.25) is 4.79 Å². The van der Waals surface area contributed by atoms with E-state index in [2.05, 4.69) is 5.32 Å². The van der Waals surface area contributed by atoms with Crippen molar-refractivity contribution in [2.24, 2.45) is 0 Å². The van der Waals surface area contributed by atoms with E-state index in [1.54, 1.807) is 6.08 Å². The van der Waals surface area contributed by atoms with Crippen molar-refractivity contribution in [3.8, 4) is 0 Å². The summed E-state index contributed by atoms with van der Waals surface area (Å²) in [6.07, 6.45) is 2.81. The van der Waals surface area contributed by atoms with E-state index >= 15 is 0 Å². The smallest absolute Gasteiger partial charge is 0.321 e. The highest BCUT2D eigenvalue weighted by Gasteiger charge is 2.29. The minimum Gasteiger partial charge on any atom is -0.321 e. The largest absolute Gasteiger partial charge is 0.341 e. The Labute approximate surface area is 155 Å². The lowest BCUT2D eigenvalue weighted by molar-refractivity contribution is -0.111. The second-order valence-corrected chi connectivity index (χ2v) is 7.58. The second-order valence-electron chi connectivity index (χ2n) is 5.69. The molecule has 0 aliphatic heterocycles. The zero-order chi connectivity index (χ0) is 19.4. The molecule has 0 radical (unpaired) electrons. The first kappa shape index (κ1) is 18.7. The first-order valence-electron chi connectivity index (χ1n) is 7.97. The SMILES string of the molecule is O=C(/C=C/c1cccc2ccccc12)Nc1ccccc1S(=O)(=O)C(F)F. The van der Waals surface area contributed by atoms with Crippen molar-refractivity contribution in [1.82, 2.24) is 0 Å². The highest BCUT2D eigenvalue weighted by Crippen LogP contribution is 2.26. The Morgan fingerprint density at radius 1 is 0.926 bits per heavy atom. The van der Waals surface area contributed by atoms with Crippen LogP contribution in [0.3, 0.4) is 0 Å². The number of anilines is 1. The number of carbonyl (C=O) groups excluding carboxylic acids is 1. The molecular formula is C20H15F2NO3S. The Hall–Kier alpha value is -3.06. The maximum atomic E-state index is 12.8. The van der Waals surface area contributed by atoms with Crippen LogP contribution in [0.2, 0.25) is 0 Å². The van der Waals surface area contributed by atoms with E-state index in [0.717, 1.165) is 22.4 Å². The van der Waals surface area contributed by atoms with E-state index in [9.17, 15) is 22.0 Å². The van der Waals surface area contributed by atoms with Gasteiger partial charge in [-0.2, -0.15) is 8.78 Å². The van der Waals surface area contributed by atoms with Crippen LogP contribution in [-0.2, 0) is 14.6 Å². The third-order valence-corrected chi connectivity index (χ3v) is 5.36. The second kappa shape index (κ2) is 7.67. The minimum absolute atomic E-state index is 0.189. The van der Waals surface area contributed by atoms with Crippen molar-refractivity contribution in [3.63, 3.8) is 0 Å². The topological polar surface area (TPSA) is 63.2 Å². The normalized spacial score (nSPS) is 12.0. The van der Waals surface area contributed by atoms with Gasteiger partial charge in [-0.15, -0.1) is 0 Å². The number of fused-ring (bicyclic) bond motifs is 1. The monoisotopic (exact) mass is 387 g/mol. The van der Waals surface area contributed by atoms with Crippen LogP contribution in [0.15, 0.2) is 77.7 Å². The van der Waals surface area contributed by atoms with Gasteiger partial charge in [0.1, 0.15) is 0 Å². The molecule has 1 N–H and O–H groups in total. The van der Waals surface area contributed by atoms with Crippen LogP contribution in [0.4, 0.5) is 14.5 Å².